The van der Waals surface area contributed by atoms with Gasteiger partial charge in [0.25, 0.3) is 0 Å². The molecule has 2 saturated heterocycles. The van der Waals surface area contributed by atoms with Gasteiger partial charge in [0, 0.05) is 44.6 Å². The van der Waals surface area contributed by atoms with Gasteiger partial charge < -0.3 is 15.0 Å². The zero-order valence-corrected chi connectivity index (χ0v) is 19.0. The van der Waals surface area contributed by atoms with Gasteiger partial charge in [-0.05, 0) is 37.4 Å². The molecular weight excluding hydrogens is 433 g/mol. The fourth-order valence-electron chi connectivity index (χ4n) is 4.09. The van der Waals surface area contributed by atoms with Gasteiger partial charge in [-0.15, -0.1) is 24.0 Å². The number of ether oxygens (including phenoxy) is 1. The van der Waals surface area contributed by atoms with E-state index in [2.05, 4.69) is 35.3 Å². The summed E-state index contributed by atoms with van der Waals surface area (Å²) < 4.78 is 5.85. The molecule has 1 N–H and O–H groups in total. The van der Waals surface area contributed by atoms with Gasteiger partial charge >= 0.3 is 0 Å². The average molecular weight is 469 g/mol. The Morgan fingerprint density at radius 2 is 2.00 bits per heavy atom. The first-order valence-electron chi connectivity index (χ1n) is 9.26. The summed E-state index contributed by atoms with van der Waals surface area (Å²) in [6, 6.07) is 0. The van der Waals surface area contributed by atoms with Crippen LogP contribution in [-0.4, -0.2) is 61.8 Å². The first-order chi connectivity index (χ1) is 11.2. The lowest BCUT2D eigenvalue weighted by Gasteiger charge is -2.37. The van der Waals surface area contributed by atoms with Crippen molar-refractivity contribution in [2.75, 3.05) is 46.2 Å². The number of halogens is 1. The van der Waals surface area contributed by atoms with Crippen molar-refractivity contribution >= 4 is 41.7 Å². The van der Waals surface area contributed by atoms with E-state index in [0.717, 1.165) is 56.9 Å². The van der Waals surface area contributed by atoms with Gasteiger partial charge in [-0.2, -0.15) is 11.8 Å². The Kier molecular flexibility index (Phi) is 10.4. The molecule has 2 aliphatic rings. The maximum atomic E-state index is 5.54. The zero-order valence-electron chi connectivity index (χ0n) is 15.8. The van der Waals surface area contributed by atoms with Gasteiger partial charge in [0.2, 0.25) is 0 Å². The first kappa shape index (κ1) is 22.4. The molecule has 1 atom stereocenters. The number of nitrogens with zero attached hydrogens (tertiary/aromatic N) is 2. The van der Waals surface area contributed by atoms with Crippen LogP contribution in [0.2, 0.25) is 0 Å². The topological polar surface area (TPSA) is 36.9 Å². The van der Waals surface area contributed by atoms with Crippen LogP contribution in [0, 0.1) is 11.8 Å². The molecule has 0 amide bonds. The summed E-state index contributed by atoms with van der Waals surface area (Å²) in [5.41, 5.74) is 0. The van der Waals surface area contributed by atoms with Gasteiger partial charge in [0.1, 0.15) is 0 Å². The first-order valence-corrected chi connectivity index (χ1v) is 10.5. The van der Waals surface area contributed by atoms with Crippen LogP contribution in [0.25, 0.3) is 0 Å². The van der Waals surface area contributed by atoms with Crippen molar-refractivity contribution in [1.82, 2.24) is 10.2 Å². The predicted molar refractivity (Wildman–Crippen MR) is 117 cm³/mol. The molecule has 2 fully saturated rings. The van der Waals surface area contributed by atoms with Crippen LogP contribution in [0.3, 0.4) is 0 Å². The van der Waals surface area contributed by atoms with Gasteiger partial charge in [-0.25, -0.2) is 0 Å². The van der Waals surface area contributed by atoms with E-state index in [0.29, 0.717) is 4.75 Å². The maximum Gasteiger partial charge on any atom is 0.193 e. The zero-order chi connectivity index (χ0) is 16.7. The van der Waals surface area contributed by atoms with E-state index in [4.69, 9.17) is 4.74 Å². The molecule has 0 saturated carbocycles. The molecule has 0 aromatic heterocycles. The third-order valence-electron chi connectivity index (χ3n) is 5.86. The van der Waals surface area contributed by atoms with Gasteiger partial charge in [0.05, 0.1) is 0 Å². The molecule has 0 bridgehead atoms. The summed E-state index contributed by atoms with van der Waals surface area (Å²) in [5, 5.41) is 3.67. The van der Waals surface area contributed by atoms with Crippen molar-refractivity contribution in [3.05, 3.63) is 0 Å². The molecule has 0 spiro atoms. The monoisotopic (exact) mass is 469 g/mol. The Hall–Kier alpha value is 0.310. The molecule has 2 aliphatic heterocycles. The molecule has 4 nitrogen and oxygen atoms in total. The largest absolute Gasteiger partial charge is 0.381 e. The summed E-state index contributed by atoms with van der Waals surface area (Å²) >= 11 is 1.98. The summed E-state index contributed by atoms with van der Waals surface area (Å²) in [5.74, 6) is 2.80. The van der Waals surface area contributed by atoms with Crippen molar-refractivity contribution < 1.29 is 4.74 Å². The highest BCUT2D eigenvalue weighted by atomic mass is 127. The van der Waals surface area contributed by atoms with Crippen LogP contribution in [0.4, 0.5) is 0 Å². The van der Waals surface area contributed by atoms with Gasteiger partial charge in [0.15, 0.2) is 5.96 Å². The molecule has 1 unspecified atom stereocenters. The van der Waals surface area contributed by atoms with Crippen LogP contribution < -0.4 is 5.32 Å². The lowest BCUT2D eigenvalue weighted by atomic mass is 9.87. The van der Waals surface area contributed by atoms with Crippen LogP contribution in [0.1, 0.15) is 46.0 Å². The van der Waals surface area contributed by atoms with Crippen molar-refractivity contribution in [2.24, 2.45) is 16.8 Å². The molecule has 2 rings (SSSR count). The van der Waals surface area contributed by atoms with Crippen LogP contribution >= 0.6 is 35.7 Å². The number of hydrogen-bond acceptors (Lipinski definition) is 3. The molecule has 0 aromatic rings. The number of aliphatic imine (C=N–C) groups is 1. The van der Waals surface area contributed by atoms with Gasteiger partial charge in [-0.3, -0.25) is 4.99 Å². The number of nitrogens with one attached hydrogen (secondary N) is 1. The molecule has 24 heavy (non-hydrogen) atoms. The van der Waals surface area contributed by atoms with E-state index in [9.17, 15) is 0 Å². The quantitative estimate of drug-likeness (QED) is 0.364. The third-order valence-corrected chi connectivity index (χ3v) is 7.28. The minimum atomic E-state index is 0. The lowest BCUT2D eigenvalue weighted by molar-refractivity contribution is 0.0781. The summed E-state index contributed by atoms with van der Waals surface area (Å²) in [7, 11) is 1.92. The number of guanidine groups is 1. The van der Waals surface area contributed by atoms with Gasteiger partial charge in [-0.1, -0.05) is 26.7 Å². The Morgan fingerprint density at radius 3 is 2.54 bits per heavy atom. The van der Waals surface area contributed by atoms with E-state index in [1.807, 2.05) is 18.8 Å². The van der Waals surface area contributed by atoms with Crippen LogP contribution in [-0.2, 0) is 4.74 Å². The van der Waals surface area contributed by atoms with E-state index in [1.54, 1.807) is 0 Å². The number of thioether (sulfide) groups is 1. The highest BCUT2D eigenvalue weighted by Crippen LogP contribution is 2.33. The average Bonchev–Trinajstić information content (AvgIpc) is 3.07. The van der Waals surface area contributed by atoms with Crippen molar-refractivity contribution in [3.8, 4) is 0 Å². The number of hydrogen-bond donors (Lipinski definition) is 1. The molecule has 0 radical (unpaired) electrons. The molecule has 0 aliphatic carbocycles. The Balaban J connectivity index is 0.00000288. The van der Waals surface area contributed by atoms with Crippen molar-refractivity contribution in [3.63, 3.8) is 0 Å². The fourth-order valence-corrected chi connectivity index (χ4v) is 4.88. The predicted octanol–water partition coefficient (Wildman–Crippen LogP) is 3.85. The van der Waals surface area contributed by atoms with E-state index >= 15 is 0 Å². The summed E-state index contributed by atoms with van der Waals surface area (Å²) in [6.45, 7) is 9.76. The highest BCUT2D eigenvalue weighted by molar-refractivity contribution is 14.0. The van der Waals surface area contributed by atoms with Crippen LogP contribution in [0.5, 0.6) is 0 Å². The Bertz CT molecular complexity index is 384. The second kappa shape index (κ2) is 11.1. The summed E-state index contributed by atoms with van der Waals surface area (Å²) in [4.78, 5) is 7.02. The Morgan fingerprint density at radius 1 is 1.33 bits per heavy atom. The highest BCUT2D eigenvalue weighted by Gasteiger charge is 2.34. The SMILES string of the molecule is CCC(CC)C1CCN(C(=NC)NCC2(SC)CCOCC2)C1.I. The van der Waals surface area contributed by atoms with E-state index in [1.165, 1.54) is 25.8 Å². The lowest BCUT2D eigenvalue weighted by Crippen LogP contribution is -2.48. The molecule has 6 heteroatoms. The van der Waals surface area contributed by atoms with Crippen molar-refractivity contribution in [2.45, 2.75) is 50.7 Å². The fraction of sp³-hybridized carbons (Fsp3) is 0.944. The minimum absolute atomic E-state index is 0. The molecule has 0 aromatic carbocycles. The molecule has 2 heterocycles. The normalized spacial score (nSPS) is 24.1. The standard InChI is InChI=1S/C18H35N3OS.HI/c1-5-15(6-2)16-7-10-21(13-16)17(19-3)20-14-18(23-4)8-11-22-12-9-18;/h15-16H,5-14H2,1-4H3,(H,19,20);1H. The van der Waals surface area contributed by atoms with E-state index < -0.39 is 0 Å². The third kappa shape index (κ3) is 5.66. The maximum absolute atomic E-state index is 5.54. The van der Waals surface area contributed by atoms with E-state index in [-0.39, 0.29) is 24.0 Å². The van der Waals surface area contributed by atoms with Crippen molar-refractivity contribution in [1.29, 1.82) is 0 Å². The smallest absolute Gasteiger partial charge is 0.193 e. The number of likely N-dealkylation sites (tertiary alicyclic amines) is 1. The Labute approximate surface area is 170 Å². The molecular formula is C18H36IN3OS. The second-order valence-corrected chi connectivity index (χ2v) is 8.25. The van der Waals surface area contributed by atoms with Crippen LogP contribution in [0.15, 0.2) is 4.99 Å². The minimum Gasteiger partial charge on any atom is -0.381 e. The number of rotatable bonds is 6. The summed E-state index contributed by atoms with van der Waals surface area (Å²) in [6.07, 6.45) is 8.42. The molecule has 142 valence electrons. The second-order valence-electron chi connectivity index (χ2n) is 6.97.